The van der Waals surface area contributed by atoms with E-state index in [4.69, 9.17) is 0 Å². The van der Waals surface area contributed by atoms with Crippen molar-refractivity contribution in [2.24, 2.45) is 0 Å². The van der Waals surface area contributed by atoms with Crippen molar-refractivity contribution >= 4 is 28.3 Å². The van der Waals surface area contributed by atoms with Crippen LogP contribution in [-0.4, -0.2) is 59.5 Å². The minimum atomic E-state index is -0.0283. The van der Waals surface area contributed by atoms with Gasteiger partial charge in [-0.15, -0.1) is 0 Å². The summed E-state index contributed by atoms with van der Waals surface area (Å²) < 4.78 is 0. The number of rotatable bonds is 5. The van der Waals surface area contributed by atoms with E-state index in [2.05, 4.69) is 48.6 Å². The standard InChI is InChI=1S/C26H30N6O2/c33-25(29-19-5-6-19)18-4-8-23(28-15-18)32-12-10-31(11-13-32)16-17-3-7-20-22(14-17)30-26(34)21-2-1-9-27-24(20)21/h3-4,7-8,14-15,19,27H,1-2,5-6,9-13,16H2,(H,29,33)(H,30,34). The number of hydrogen-bond acceptors (Lipinski definition) is 6. The molecule has 8 heteroatoms. The van der Waals surface area contributed by atoms with Gasteiger partial charge in [0.15, 0.2) is 0 Å². The van der Waals surface area contributed by atoms with Gasteiger partial charge in [-0.2, -0.15) is 0 Å². The number of piperazine rings is 1. The smallest absolute Gasteiger partial charge is 0.253 e. The largest absolute Gasteiger partial charge is 0.384 e. The number of pyridine rings is 2. The molecule has 0 spiro atoms. The van der Waals surface area contributed by atoms with Crippen molar-refractivity contribution in [3.05, 3.63) is 63.6 Å². The molecule has 1 amide bonds. The lowest BCUT2D eigenvalue weighted by Gasteiger charge is -2.35. The lowest BCUT2D eigenvalue weighted by Crippen LogP contribution is -2.46. The third-order valence-electron chi connectivity index (χ3n) is 7.11. The number of fused-ring (bicyclic) bond motifs is 3. The molecule has 0 radical (unpaired) electrons. The Morgan fingerprint density at radius 2 is 1.97 bits per heavy atom. The van der Waals surface area contributed by atoms with Crippen LogP contribution in [0.2, 0.25) is 0 Å². The molecule has 2 aliphatic heterocycles. The van der Waals surface area contributed by atoms with Crippen LogP contribution in [0.5, 0.6) is 0 Å². The summed E-state index contributed by atoms with van der Waals surface area (Å²) in [6.07, 6.45) is 5.69. The van der Waals surface area contributed by atoms with E-state index in [0.717, 1.165) is 92.9 Å². The van der Waals surface area contributed by atoms with Crippen molar-refractivity contribution in [1.82, 2.24) is 20.2 Å². The zero-order valence-electron chi connectivity index (χ0n) is 19.3. The normalized spacial score (nSPS) is 18.4. The summed E-state index contributed by atoms with van der Waals surface area (Å²) in [5.41, 5.74) is 4.66. The lowest BCUT2D eigenvalue weighted by molar-refractivity contribution is 0.0950. The van der Waals surface area contributed by atoms with Crippen molar-refractivity contribution < 1.29 is 4.79 Å². The molecule has 0 bridgehead atoms. The second kappa shape index (κ2) is 8.76. The molecule has 0 unspecified atom stereocenters. The molecule has 176 valence electrons. The van der Waals surface area contributed by atoms with Crippen LogP contribution in [-0.2, 0) is 13.0 Å². The number of nitrogens with zero attached hydrogens (tertiary/aromatic N) is 3. The highest BCUT2D eigenvalue weighted by atomic mass is 16.1. The van der Waals surface area contributed by atoms with Crippen LogP contribution in [0, 0.1) is 0 Å². The maximum Gasteiger partial charge on any atom is 0.253 e. The van der Waals surface area contributed by atoms with Crippen molar-refractivity contribution in [1.29, 1.82) is 0 Å². The van der Waals surface area contributed by atoms with Gasteiger partial charge in [-0.3, -0.25) is 14.5 Å². The van der Waals surface area contributed by atoms with Crippen molar-refractivity contribution in [3.8, 4) is 0 Å². The van der Waals surface area contributed by atoms with Crippen molar-refractivity contribution in [2.45, 2.75) is 38.3 Å². The van der Waals surface area contributed by atoms with E-state index < -0.39 is 0 Å². The van der Waals surface area contributed by atoms with E-state index in [0.29, 0.717) is 11.6 Å². The molecule has 1 saturated heterocycles. The first-order chi connectivity index (χ1) is 16.6. The Morgan fingerprint density at radius 3 is 2.74 bits per heavy atom. The molecule has 2 aromatic heterocycles. The zero-order chi connectivity index (χ0) is 23.1. The van der Waals surface area contributed by atoms with Gasteiger partial charge < -0.3 is 20.5 Å². The number of benzene rings is 1. The molecule has 1 aromatic carbocycles. The van der Waals surface area contributed by atoms with Gasteiger partial charge in [0.2, 0.25) is 0 Å². The van der Waals surface area contributed by atoms with E-state index >= 15 is 0 Å². The summed E-state index contributed by atoms with van der Waals surface area (Å²) in [6, 6.07) is 10.6. The van der Waals surface area contributed by atoms with Crippen LogP contribution in [0.4, 0.5) is 11.5 Å². The van der Waals surface area contributed by atoms with Crippen LogP contribution < -0.4 is 21.1 Å². The molecule has 6 rings (SSSR count). The molecule has 0 atom stereocenters. The molecule has 4 heterocycles. The molecule has 2 fully saturated rings. The number of H-pyrrole nitrogens is 1. The molecule has 1 aliphatic carbocycles. The Hall–Kier alpha value is -3.39. The number of amides is 1. The van der Waals surface area contributed by atoms with Gasteiger partial charge in [0.25, 0.3) is 11.5 Å². The topological polar surface area (TPSA) is 93.4 Å². The van der Waals surface area contributed by atoms with Gasteiger partial charge in [0.1, 0.15) is 5.82 Å². The van der Waals surface area contributed by atoms with Crippen molar-refractivity contribution in [3.63, 3.8) is 0 Å². The first-order valence-corrected chi connectivity index (χ1v) is 12.3. The Bertz CT molecular complexity index is 1270. The maximum atomic E-state index is 12.5. The van der Waals surface area contributed by atoms with E-state index in [1.165, 1.54) is 5.56 Å². The average molecular weight is 459 g/mol. The van der Waals surface area contributed by atoms with Crippen LogP contribution in [0.25, 0.3) is 10.9 Å². The molecular formula is C26H30N6O2. The highest BCUT2D eigenvalue weighted by Gasteiger charge is 2.24. The quantitative estimate of drug-likeness (QED) is 0.544. The molecule has 8 nitrogen and oxygen atoms in total. The summed E-state index contributed by atoms with van der Waals surface area (Å²) in [5, 5.41) is 7.53. The van der Waals surface area contributed by atoms with Gasteiger partial charge in [-0.05, 0) is 49.4 Å². The molecule has 34 heavy (non-hydrogen) atoms. The third kappa shape index (κ3) is 4.25. The number of nitrogens with one attached hydrogen (secondary N) is 3. The van der Waals surface area contributed by atoms with E-state index in [9.17, 15) is 9.59 Å². The van der Waals surface area contributed by atoms with Crippen LogP contribution in [0.1, 0.15) is 40.7 Å². The monoisotopic (exact) mass is 458 g/mol. The number of hydrogen-bond donors (Lipinski definition) is 3. The predicted octanol–water partition coefficient (Wildman–Crippen LogP) is 2.50. The van der Waals surface area contributed by atoms with Gasteiger partial charge in [0.05, 0.1) is 16.8 Å². The number of carbonyl (C=O) groups is 1. The fraction of sp³-hybridized carbons (Fsp3) is 0.423. The highest BCUT2D eigenvalue weighted by Crippen LogP contribution is 2.28. The van der Waals surface area contributed by atoms with Gasteiger partial charge in [-0.1, -0.05) is 12.1 Å². The molecule has 3 N–H and O–H groups in total. The second-order valence-electron chi connectivity index (χ2n) is 9.63. The average Bonchev–Trinajstić information content (AvgIpc) is 3.69. The van der Waals surface area contributed by atoms with Crippen LogP contribution >= 0.6 is 0 Å². The van der Waals surface area contributed by atoms with Gasteiger partial charge in [-0.25, -0.2) is 4.98 Å². The predicted molar refractivity (Wildman–Crippen MR) is 134 cm³/mol. The first-order valence-electron chi connectivity index (χ1n) is 12.3. The van der Waals surface area contributed by atoms with E-state index in [1.54, 1.807) is 6.20 Å². The van der Waals surface area contributed by atoms with Gasteiger partial charge in [0, 0.05) is 62.5 Å². The first kappa shape index (κ1) is 21.2. The molecule has 1 saturated carbocycles. The Kier molecular flexibility index (Phi) is 5.45. The summed E-state index contributed by atoms with van der Waals surface area (Å²) in [6.45, 7) is 5.43. The molecule has 3 aromatic rings. The third-order valence-corrected chi connectivity index (χ3v) is 7.11. The highest BCUT2D eigenvalue weighted by molar-refractivity contribution is 5.94. The lowest BCUT2D eigenvalue weighted by atomic mass is 10.0. The SMILES string of the molecule is O=C(NC1CC1)c1ccc(N2CCN(Cc3ccc4c5c(c(=O)[nH]c4c3)CCCN5)CC2)nc1. The zero-order valence-corrected chi connectivity index (χ0v) is 19.3. The van der Waals surface area contributed by atoms with Gasteiger partial charge >= 0.3 is 0 Å². The summed E-state index contributed by atoms with van der Waals surface area (Å²) in [4.78, 5) is 37.0. The molecular weight excluding hydrogens is 428 g/mol. The van der Waals surface area contributed by atoms with E-state index in [-0.39, 0.29) is 11.5 Å². The Labute approximate surface area is 198 Å². The van der Waals surface area contributed by atoms with Crippen molar-refractivity contribution in [2.75, 3.05) is 42.9 Å². The number of aromatic nitrogens is 2. The minimum absolute atomic E-state index is 0.0283. The van der Waals surface area contributed by atoms with Crippen LogP contribution in [0.3, 0.4) is 0 Å². The van der Waals surface area contributed by atoms with E-state index in [1.807, 2.05) is 12.1 Å². The summed E-state index contributed by atoms with van der Waals surface area (Å²) in [7, 11) is 0. The maximum absolute atomic E-state index is 12.5. The summed E-state index contributed by atoms with van der Waals surface area (Å²) in [5.74, 6) is 0.891. The minimum Gasteiger partial charge on any atom is -0.384 e. The number of aromatic amines is 1. The number of anilines is 2. The second-order valence-corrected chi connectivity index (χ2v) is 9.63. The fourth-order valence-corrected chi connectivity index (χ4v) is 5.00. The summed E-state index contributed by atoms with van der Waals surface area (Å²) >= 11 is 0. The number of carbonyl (C=O) groups excluding carboxylic acids is 1. The van der Waals surface area contributed by atoms with Crippen LogP contribution in [0.15, 0.2) is 41.3 Å². The Balaban J connectivity index is 1.09. The fourth-order valence-electron chi connectivity index (χ4n) is 5.00. The molecule has 3 aliphatic rings. The Morgan fingerprint density at radius 1 is 1.12 bits per heavy atom.